The van der Waals surface area contributed by atoms with Gasteiger partial charge in [0.15, 0.2) is 0 Å². The van der Waals surface area contributed by atoms with E-state index in [2.05, 4.69) is 31.1 Å². The van der Waals surface area contributed by atoms with E-state index < -0.39 is 0 Å². The molecule has 0 aromatic carbocycles. The maximum absolute atomic E-state index is 12.8. The van der Waals surface area contributed by atoms with Gasteiger partial charge in [-0.2, -0.15) is 0 Å². The fourth-order valence-corrected chi connectivity index (χ4v) is 1.22. The minimum atomic E-state index is -0.274. The normalized spacial score (nSPS) is 11.7. The Morgan fingerprint density at radius 2 is 2.13 bits per heavy atom. The van der Waals surface area contributed by atoms with Crippen LogP contribution in [0.25, 0.3) is 0 Å². The quantitative estimate of drug-likeness (QED) is 0.808. The third-order valence-electron chi connectivity index (χ3n) is 2.65. The van der Waals surface area contributed by atoms with Crippen molar-refractivity contribution in [2.75, 3.05) is 6.54 Å². The van der Waals surface area contributed by atoms with Crippen molar-refractivity contribution in [2.24, 2.45) is 5.41 Å². The van der Waals surface area contributed by atoms with E-state index in [4.69, 9.17) is 0 Å². The highest BCUT2D eigenvalue weighted by atomic mass is 19.1. The van der Waals surface area contributed by atoms with Gasteiger partial charge < -0.3 is 5.32 Å². The van der Waals surface area contributed by atoms with Crippen molar-refractivity contribution in [3.63, 3.8) is 0 Å². The molecule has 0 aliphatic heterocycles. The fourth-order valence-electron chi connectivity index (χ4n) is 1.22. The SMILES string of the molecule is CCC(C)(C)CNCc1cncc(F)c1. The second-order valence-electron chi connectivity index (χ2n) is 4.63. The lowest BCUT2D eigenvalue weighted by Gasteiger charge is -2.22. The summed E-state index contributed by atoms with van der Waals surface area (Å²) in [4.78, 5) is 3.80. The van der Waals surface area contributed by atoms with Crippen LogP contribution in [0.15, 0.2) is 18.5 Å². The summed E-state index contributed by atoms with van der Waals surface area (Å²) in [5.41, 5.74) is 1.18. The van der Waals surface area contributed by atoms with Crippen LogP contribution in [-0.4, -0.2) is 11.5 Å². The Kier molecular flexibility index (Phi) is 4.21. The van der Waals surface area contributed by atoms with Crippen molar-refractivity contribution in [1.82, 2.24) is 10.3 Å². The van der Waals surface area contributed by atoms with Crippen LogP contribution < -0.4 is 5.32 Å². The number of pyridine rings is 1. The average molecular weight is 210 g/mol. The van der Waals surface area contributed by atoms with Crippen LogP contribution in [0.2, 0.25) is 0 Å². The van der Waals surface area contributed by atoms with E-state index in [1.807, 2.05) is 0 Å². The zero-order chi connectivity index (χ0) is 11.3. The van der Waals surface area contributed by atoms with Gasteiger partial charge in [0.2, 0.25) is 0 Å². The Labute approximate surface area is 90.9 Å². The number of halogens is 1. The number of rotatable bonds is 5. The largest absolute Gasteiger partial charge is 0.312 e. The molecule has 0 saturated carbocycles. The van der Waals surface area contributed by atoms with Crippen LogP contribution in [-0.2, 0) is 6.54 Å². The molecule has 1 rings (SSSR count). The summed E-state index contributed by atoms with van der Waals surface area (Å²) in [6.45, 7) is 8.20. The molecule has 84 valence electrons. The highest BCUT2D eigenvalue weighted by Gasteiger charge is 2.13. The smallest absolute Gasteiger partial charge is 0.141 e. The van der Waals surface area contributed by atoms with Crippen LogP contribution in [0.5, 0.6) is 0 Å². The molecule has 2 nitrogen and oxygen atoms in total. The van der Waals surface area contributed by atoms with Gasteiger partial charge in [0, 0.05) is 19.3 Å². The Morgan fingerprint density at radius 1 is 1.40 bits per heavy atom. The van der Waals surface area contributed by atoms with E-state index in [0.29, 0.717) is 12.0 Å². The number of nitrogens with zero attached hydrogens (tertiary/aromatic N) is 1. The molecule has 0 aliphatic rings. The summed E-state index contributed by atoms with van der Waals surface area (Å²) in [6.07, 6.45) is 4.04. The van der Waals surface area contributed by atoms with Crippen LogP contribution in [0, 0.1) is 11.2 Å². The van der Waals surface area contributed by atoms with Crippen molar-refractivity contribution < 1.29 is 4.39 Å². The molecule has 1 aromatic rings. The van der Waals surface area contributed by atoms with E-state index in [1.165, 1.54) is 12.3 Å². The summed E-state index contributed by atoms with van der Waals surface area (Å²) >= 11 is 0. The zero-order valence-corrected chi connectivity index (χ0v) is 9.68. The van der Waals surface area contributed by atoms with Gasteiger partial charge in [-0.25, -0.2) is 4.39 Å². The molecule has 0 radical (unpaired) electrons. The summed E-state index contributed by atoms with van der Waals surface area (Å²) in [6, 6.07) is 1.51. The van der Waals surface area contributed by atoms with E-state index in [1.54, 1.807) is 6.20 Å². The van der Waals surface area contributed by atoms with Gasteiger partial charge >= 0.3 is 0 Å². The zero-order valence-electron chi connectivity index (χ0n) is 9.68. The number of hydrogen-bond donors (Lipinski definition) is 1. The van der Waals surface area contributed by atoms with E-state index in [0.717, 1.165) is 18.5 Å². The number of nitrogens with one attached hydrogen (secondary N) is 1. The van der Waals surface area contributed by atoms with Gasteiger partial charge in [0.25, 0.3) is 0 Å². The first kappa shape index (κ1) is 12.1. The second-order valence-corrected chi connectivity index (χ2v) is 4.63. The summed E-state index contributed by atoms with van der Waals surface area (Å²) in [5.74, 6) is -0.274. The predicted octanol–water partition coefficient (Wildman–Crippen LogP) is 2.75. The molecule has 0 spiro atoms. The maximum Gasteiger partial charge on any atom is 0.141 e. The molecule has 0 saturated heterocycles. The standard InChI is InChI=1S/C12H19FN2/c1-4-12(2,3)9-15-7-10-5-11(13)8-14-6-10/h5-6,8,15H,4,7,9H2,1-3H3. The van der Waals surface area contributed by atoms with E-state index >= 15 is 0 Å². The van der Waals surface area contributed by atoms with Gasteiger partial charge in [-0.05, 0) is 23.5 Å². The van der Waals surface area contributed by atoms with Gasteiger partial charge in [-0.15, -0.1) is 0 Å². The molecule has 0 bridgehead atoms. The van der Waals surface area contributed by atoms with E-state index in [9.17, 15) is 4.39 Å². The monoisotopic (exact) mass is 210 g/mol. The Hall–Kier alpha value is -0.960. The summed E-state index contributed by atoms with van der Waals surface area (Å²) in [5, 5.41) is 3.31. The summed E-state index contributed by atoms with van der Waals surface area (Å²) < 4.78 is 12.8. The molecule has 3 heteroatoms. The maximum atomic E-state index is 12.8. The Bertz CT molecular complexity index is 310. The lowest BCUT2D eigenvalue weighted by Crippen LogP contribution is -2.28. The van der Waals surface area contributed by atoms with Gasteiger partial charge in [-0.1, -0.05) is 20.8 Å². The molecular weight excluding hydrogens is 191 g/mol. The highest BCUT2D eigenvalue weighted by Crippen LogP contribution is 2.17. The van der Waals surface area contributed by atoms with E-state index in [-0.39, 0.29) is 5.82 Å². The van der Waals surface area contributed by atoms with Gasteiger partial charge in [0.1, 0.15) is 5.82 Å². The first-order valence-corrected chi connectivity index (χ1v) is 5.33. The molecule has 0 atom stereocenters. The number of hydrogen-bond acceptors (Lipinski definition) is 2. The molecular formula is C12H19FN2. The van der Waals surface area contributed by atoms with Crippen molar-refractivity contribution in [3.8, 4) is 0 Å². The fraction of sp³-hybridized carbons (Fsp3) is 0.583. The molecule has 15 heavy (non-hydrogen) atoms. The molecule has 0 fully saturated rings. The Morgan fingerprint density at radius 3 is 2.73 bits per heavy atom. The molecule has 1 heterocycles. The average Bonchev–Trinajstić information content (AvgIpc) is 2.18. The molecule has 0 aliphatic carbocycles. The van der Waals surface area contributed by atoms with Crippen molar-refractivity contribution >= 4 is 0 Å². The molecule has 0 unspecified atom stereocenters. The minimum absolute atomic E-state index is 0.274. The lowest BCUT2D eigenvalue weighted by atomic mass is 9.90. The molecule has 1 aromatic heterocycles. The molecule has 1 N–H and O–H groups in total. The van der Waals surface area contributed by atoms with Crippen molar-refractivity contribution in [1.29, 1.82) is 0 Å². The molecule has 0 amide bonds. The van der Waals surface area contributed by atoms with Gasteiger partial charge in [0.05, 0.1) is 6.20 Å². The second kappa shape index (κ2) is 5.21. The van der Waals surface area contributed by atoms with Crippen LogP contribution in [0.4, 0.5) is 4.39 Å². The third-order valence-corrected chi connectivity index (χ3v) is 2.65. The Balaban J connectivity index is 2.38. The van der Waals surface area contributed by atoms with Gasteiger partial charge in [-0.3, -0.25) is 4.98 Å². The minimum Gasteiger partial charge on any atom is -0.312 e. The first-order valence-electron chi connectivity index (χ1n) is 5.33. The van der Waals surface area contributed by atoms with Crippen LogP contribution in [0.3, 0.4) is 0 Å². The number of aromatic nitrogens is 1. The third kappa shape index (κ3) is 4.38. The van der Waals surface area contributed by atoms with Crippen LogP contribution in [0.1, 0.15) is 32.8 Å². The summed E-state index contributed by atoms with van der Waals surface area (Å²) in [7, 11) is 0. The highest BCUT2D eigenvalue weighted by molar-refractivity contribution is 5.09. The lowest BCUT2D eigenvalue weighted by molar-refractivity contribution is 0.327. The topological polar surface area (TPSA) is 24.9 Å². The van der Waals surface area contributed by atoms with Crippen molar-refractivity contribution in [2.45, 2.75) is 33.7 Å². The van der Waals surface area contributed by atoms with Crippen LogP contribution >= 0.6 is 0 Å². The first-order chi connectivity index (χ1) is 7.03. The van der Waals surface area contributed by atoms with Crippen molar-refractivity contribution in [3.05, 3.63) is 29.8 Å². The predicted molar refractivity (Wildman–Crippen MR) is 60.0 cm³/mol.